The summed E-state index contributed by atoms with van der Waals surface area (Å²) in [6.45, 7) is 2.84. The predicted octanol–water partition coefficient (Wildman–Crippen LogP) is 6.43. The van der Waals surface area contributed by atoms with Crippen molar-refractivity contribution in [2.75, 3.05) is 6.61 Å². The molecule has 4 rings (SSSR count). The Hall–Kier alpha value is -3.57. The van der Waals surface area contributed by atoms with Gasteiger partial charge in [-0.1, -0.05) is 55.3 Å². The van der Waals surface area contributed by atoms with Gasteiger partial charge in [0, 0.05) is 21.5 Å². The molecule has 32 heavy (non-hydrogen) atoms. The van der Waals surface area contributed by atoms with Crippen molar-refractivity contribution in [2.24, 2.45) is 5.10 Å². The van der Waals surface area contributed by atoms with E-state index < -0.39 is 0 Å². The van der Waals surface area contributed by atoms with Gasteiger partial charge >= 0.3 is 0 Å². The fraction of sp³-hybridized carbons (Fsp3) is 0.154. The van der Waals surface area contributed by atoms with Gasteiger partial charge in [0.05, 0.1) is 12.8 Å². The lowest BCUT2D eigenvalue weighted by molar-refractivity contribution is 0.0951. The van der Waals surface area contributed by atoms with E-state index in [2.05, 4.69) is 22.4 Å². The minimum Gasteiger partial charge on any atom is -0.494 e. The topological polar surface area (TPSA) is 66.5 Å². The highest BCUT2D eigenvalue weighted by atomic mass is 35.5. The monoisotopic (exact) mass is 445 g/mol. The van der Waals surface area contributed by atoms with Crippen LogP contribution in [0.5, 0.6) is 5.75 Å². The number of carbonyl (C=O) groups excluding carboxylic acids is 1. The van der Waals surface area contributed by atoms with E-state index in [0.29, 0.717) is 17.3 Å². The number of rotatable bonds is 8. The van der Waals surface area contributed by atoms with Gasteiger partial charge in [0.2, 0.25) is 0 Å². The zero-order chi connectivity index (χ0) is 22.3. The van der Waals surface area contributed by atoms with Crippen LogP contribution in [-0.4, -0.2) is 23.7 Å². The molecule has 0 unspecified atom stereocenters. The van der Waals surface area contributed by atoms with Gasteiger partial charge in [-0.3, -0.25) is 4.79 Å². The van der Waals surface area contributed by atoms with Gasteiger partial charge < -0.3 is 9.72 Å². The summed E-state index contributed by atoms with van der Waals surface area (Å²) in [4.78, 5) is 16.2. The van der Waals surface area contributed by atoms with Gasteiger partial charge in [-0.25, -0.2) is 5.43 Å². The van der Waals surface area contributed by atoms with Crippen LogP contribution in [0.25, 0.3) is 22.0 Å². The number of benzene rings is 3. The Bertz CT molecular complexity index is 1230. The molecule has 1 aromatic heterocycles. The largest absolute Gasteiger partial charge is 0.494 e. The number of hydrazone groups is 1. The van der Waals surface area contributed by atoms with Crippen molar-refractivity contribution in [1.29, 1.82) is 0 Å². The summed E-state index contributed by atoms with van der Waals surface area (Å²) < 4.78 is 5.67. The van der Waals surface area contributed by atoms with E-state index in [1.807, 2.05) is 66.7 Å². The van der Waals surface area contributed by atoms with E-state index in [4.69, 9.17) is 16.3 Å². The van der Waals surface area contributed by atoms with Gasteiger partial charge in [0.25, 0.3) is 5.91 Å². The Balaban J connectivity index is 1.53. The standard InChI is InChI=1S/C26H24ClN3O2/c1-2-3-15-32-21-12-9-18(10-13-21)17-28-30-26(31)25-24(19-7-5-4-6-8-19)22-16-20(27)11-14-23(22)29-25/h4-14,16-17,29H,2-3,15H2,1H3,(H,30,31). The quantitative estimate of drug-likeness (QED) is 0.186. The van der Waals surface area contributed by atoms with Crippen LogP contribution in [0.3, 0.4) is 0 Å². The average Bonchev–Trinajstić information content (AvgIpc) is 3.19. The van der Waals surface area contributed by atoms with E-state index in [1.54, 1.807) is 12.3 Å². The summed E-state index contributed by atoms with van der Waals surface area (Å²) in [7, 11) is 0. The van der Waals surface area contributed by atoms with Crippen LogP contribution in [0.1, 0.15) is 35.8 Å². The molecule has 0 aliphatic carbocycles. The number of ether oxygens (including phenoxy) is 1. The molecule has 0 aliphatic heterocycles. The first-order valence-corrected chi connectivity index (χ1v) is 11.0. The van der Waals surface area contributed by atoms with Crippen LogP contribution in [0.15, 0.2) is 77.9 Å². The lowest BCUT2D eigenvalue weighted by atomic mass is 10.0. The molecule has 0 bridgehead atoms. The lowest BCUT2D eigenvalue weighted by Crippen LogP contribution is -2.18. The number of aromatic nitrogens is 1. The molecule has 0 aliphatic rings. The molecule has 0 radical (unpaired) electrons. The number of halogens is 1. The third-order valence-corrected chi connectivity index (χ3v) is 5.31. The number of H-pyrrole nitrogens is 1. The van der Waals surface area contributed by atoms with E-state index in [0.717, 1.165) is 46.2 Å². The molecule has 0 saturated carbocycles. The molecule has 5 nitrogen and oxygen atoms in total. The van der Waals surface area contributed by atoms with Crippen molar-refractivity contribution >= 4 is 34.6 Å². The molecule has 6 heteroatoms. The normalized spacial score (nSPS) is 11.2. The summed E-state index contributed by atoms with van der Waals surface area (Å²) in [5, 5.41) is 5.63. The third-order valence-electron chi connectivity index (χ3n) is 5.08. The molecule has 3 aromatic carbocycles. The summed E-state index contributed by atoms with van der Waals surface area (Å²) in [5.74, 6) is 0.496. The fourth-order valence-corrected chi connectivity index (χ4v) is 3.62. The van der Waals surface area contributed by atoms with Crippen LogP contribution in [0.4, 0.5) is 0 Å². The second-order valence-corrected chi connectivity index (χ2v) is 7.84. The van der Waals surface area contributed by atoms with Crippen LogP contribution in [0, 0.1) is 0 Å². The molecular weight excluding hydrogens is 422 g/mol. The molecule has 0 atom stereocenters. The number of fused-ring (bicyclic) bond motifs is 1. The van der Waals surface area contributed by atoms with Crippen molar-refractivity contribution in [3.63, 3.8) is 0 Å². The Kier molecular flexibility index (Phi) is 6.87. The second kappa shape index (κ2) is 10.2. The van der Waals surface area contributed by atoms with Crippen molar-refractivity contribution in [3.05, 3.63) is 89.1 Å². The highest BCUT2D eigenvalue weighted by Gasteiger charge is 2.19. The van der Waals surface area contributed by atoms with Crippen molar-refractivity contribution in [1.82, 2.24) is 10.4 Å². The molecule has 0 spiro atoms. The zero-order valence-corrected chi connectivity index (χ0v) is 18.5. The van der Waals surface area contributed by atoms with Gasteiger partial charge in [0.15, 0.2) is 0 Å². The Morgan fingerprint density at radius 2 is 1.88 bits per heavy atom. The third kappa shape index (κ3) is 5.01. The van der Waals surface area contributed by atoms with Gasteiger partial charge in [-0.2, -0.15) is 5.10 Å². The summed E-state index contributed by atoms with van der Waals surface area (Å²) >= 11 is 6.22. The predicted molar refractivity (Wildman–Crippen MR) is 131 cm³/mol. The van der Waals surface area contributed by atoms with E-state index in [1.165, 1.54) is 0 Å². The average molecular weight is 446 g/mol. The molecule has 0 fully saturated rings. The summed E-state index contributed by atoms with van der Waals surface area (Å²) in [5.41, 5.74) is 6.48. The number of aromatic amines is 1. The maximum atomic E-state index is 13.0. The van der Waals surface area contributed by atoms with Crippen LogP contribution in [0.2, 0.25) is 5.02 Å². The highest BCUT2D eigenvalue weighted by molar-refractivity contribution is 6.31. The van der Waals surface area contributed by atoms with Crippen LogP contribution in [-0.2, 0) is 0 Å². The SMILES string of the molecule is CCCCOc1ccc(C=NNC(=O)c2[nH]c3ccc(Cl)cc3c2-c2ccccc2)cc1. The number of unbranched alkanes of at least 4 members (excludes halogenated alkanes) is 1. The zero-order valence-electron chi connectivity index (χ0n) is 17.8. The van der Waals surface area contributed by atoms with E-state index >= 15 is 0 Å². The second-order valence-electron chi connectivity index (χ2n) is 7.40. The summed E-state index contributed by atoms with van der Waals surface area (Å²) in [6.07, 6.45) is 3.73. The van der Waals surface area contributed by atoms with Crippen LogP contribution >= 0.6 is 11.6 Å². The van der Waals surface area contributed by atoms with Crippen molar-refractivity contribution < 1.29 is 9.53 Å². The maximum absolute atomic E-state index is 13.0. The molecule has 1 heterocycles. The van der Waals surface area contributed by atoms with E-state index in [-0.39, 0.29) is 5.91 Å². The molecule has 0 saturated heterocycles. The number of hydrogen-bond donors (Lipinski definition) is 2. The first-order valence-electron chi connectivity index (χ1n) is 10.6. The van der Waals surface area contributed by atoms with Gasteiger partial charge in [0.1, 0.15) is 11.4 Å². The first-order chi connectivity index (χ1) is 15.7. The molecule has 162 valence electrons. The highest BCUT2D eigenvalue weighted by Crippen LogP contribution is 2.34. The Morgan fingerprint density at radius 3 is 2.62 bits per heavy atom. The minimum atomic E-state index is -0.327. The van der Waals surface area contributed by atoms with Crippen molar-refractivity contribution in [2.45, 2.75) is 19.8 Å². The van der Waals surface area contributed by atoms with Gasteiger partial charge in [-0.15, -0.1) is 0 Å². The number of nitrogens with zero attached hydrogens (tertiary/aromatic N) is 1. The molecular formula is C26H24ClN3O2. The lowest BCUT2D eigenvalue weighted by Gasteiger charge is -2.05. The number of nitrogens with one attached hydrogen (secondary N) is 2. The first kappa shape index (κ1) is 21.7. The maximum Gasteiger partial charge on any atom is 0.288 e. The van der Waals surface area contributed by atoms with Gasteiger partial charge in [-0.05, 0) is 60.0 Å². The Labute approximate surface area is 192 Å². The molecule has 2 N–H and O–H groups in total. The van der Waals surface area contributed by atoms with E-state index in [9.17, 15) is 4.79 Å². The van der Waals surface area contributed by atoms with Crippen LogP contribution < -0.4 is 10.2 Å². The smallest absolute Gasteiger partial charge is 0.288 e. The Morgan fingerprint density at radius 1 is 1.09 bits per heavy atom. The number of carbonyl (C=O) groups is 1. The number of hydrogen-bond acceptors (Lipinski definition) is 3. The fourth-order valence-electron chi connectivity index (χ4n) is 3.44. The molecule has 1 amide bonds. The minimum absolute atomic E-state index is 0.327. The molecule has 4 aromatic rings. The number of amides is 1. The van der Waals surface area contributed by atoms with Crippen molar-refractivity contribution in [3.8, 4) is 16.9 Å². The summed E-state index contributed by atoms with van der Waals surface area (Å²) in [6, 6.07) is 22.9.